The highest BCUT2D eigenvalue weighted by Gasteiger charge is 2.12. The molecule has 0 saturated heterocycles. The van der Waals surface area contributed by atoms with E-state index in [2.05, 4.69) is 5.32 Å². The fourth-order valence-corrected chi connectivity index (χ4v) is 1.72. The van der Waals surface area contributed by atoms with Gasteiger partial charge in [0.25, 0.3) is 5.91 Å². The van der Waals surface area contributed by atoms with Gasteiger partial charge in [0, 0.05) is 10.7 Å². The summed E-state index contributed by atoms with van der Waals surface area (Å²) in [6, 6.07) is 10.6. The van der Waals surface area contributed by atoms with Crippen LogP contribution in [0.4, 0.5) is 10.1 Å². The SMILES string of the molecule is COc1ccc(NC(=O)c2cc(Cl)ccc2F)cc1. The summed E-state index contributed by atoms with van der Waals surface area (Å²) in [4.78, 5) is 11.9. The van der Waals surface area contributed by atoms with Gasteiger partial charge in [0.05, 0.1) is 12.7 Å². The van der Waals surface area contributed by atoms with E-state index in [1.807, 2.05) is 0 Å². The quantitative estimate of drug-likeness (QED) is 0.929. The van der Waals surface area contributed by atoms with Gasteiger partial charge in [0.15, 0.2) is 0 Å². The fourth-order valence-electron chi connectivity index (χ4n) is 1.54. The number of nitrogens with one attached hydrogen (secondary N) is 1. The lowest BCUT2D eigenvalue weighted by Crippen LogP contribution is -2.13. The summed E-state index contributed by atoms with van der Waals surface area (Å²) in [5.74, 6) is -0.493. The molecular weight excluding hydrogens is 269 g/mol. The van der Waals surface area contributed by atoms with Gasteiger partial charge < -0.3 is 10.1 Å². The van der Waals surface area contributed by atoms with Crippen LogP contribution in [0.15, 0.2) is 42.5 Å². The lowest BCUT2D eigenvalue weighted by atomic mass is 10.2. The van der Waals surface area contributed by atoms with Crippen molar-refractivity contribution in [2.24, 2.45) is 0 Å². The molecule has 98 valence electrons. The monoisotopic (exact) mass is 279 g/mol. The van der Waals surface area contributed by atoms with Crippen molar-refractivity contribution in [3.8, 4) is 5.75 Å². The second kappa shape index (κ2) is 5.71. The number of amides is 1. The van der Waals surface area contributed by atoms with E-state index in [1.54, 1.807) is 31.4 Å². The molecule has 1 amide bonds. The Morgan fingerprint density at radius 2 is 1.89 bits per heavy atom. The number of methoxy groups -OCH3 is 1. The summed E-state index contributed by atoms with van der Waals surface area (Å²) in [5, 5.41) is 2.89. The summed E-state index contributed by atoms with van der Waals surface area (Å²) >= 11 is 5.74. The van der Waals surface area contributed by atoms with Crippen molar-refractivity contribution in [1.82, 2.24) is 0 Å². The van der Waals surface area contributed by atoms with Crippen LogP contribution < -0.4 is 10.1 Å². The fraction of sp³-hybridized carbons (Fsp3) is 0.0714. The summed E-state index contributed by atoms with van der Waals surface area (Å²) in [7, 11) is 1.55. The Balaban J connectivity index is 2.18. The van der Waals surface area contributed by atoms with E-state index >= 15 is 0 Å². The molecule has 2 aromatic carbocycles. The Labute approximate surface area is 115 Å². The van der Waals surface area contributed by atoms with Crippen LogP contribution in [0, 0.1) is 5.82 Å². The van der Waals surface area contributed by atoms with Gasteiger partial charge in [-0.2, -0.15) is 0 Å². The maximum atomic E-state index is 13.5. The van der Waals surface area contributed by atoms with Crippen LogP contribution >= 0.6 is 11.6 Å². The Bertz CT molecular complexity index is 599. The Morgan fingerprint density at radius 1 is 1.21 bits per heavy atom. The normalized spacial score (nSPS) is 10.1. The number of carbonyl (C=O) groups is 1. The second-order valence-electron chi connectivity index (χ2n) is 3.81. The summed E-state index contributed by atoms with van der Waals surface area (Å²) < 4.78 is 18.5. The van der Waals surface area contributed by atoms with Crippen LogP contribution in [0.1, 0.15) is 10.4 Å². The summed E-state index contributed by atoms with van der Waals surface area (Å²) in [6.45, 7) is 0. The van der Waals surface area contributed by atoms with Crippen molar-refractivity contribution >= 4 is 23.2 Å². The smallest absolute Gasteiger partial charge is 0.258 e. The Kier molecular flexibility index (Phi) is 4.02. The molecule has 0 aliphatic carbocycles. The van der Waals surface area contributed by atoms with E-state index < -0.39 is 11.7 Å². The number of hydrogen-bond acceptors (Lipinski definition) is 2. The standard InChI is InChI=1S/C14H11ClFNO2/c1-19-11-5-3-10(4-6-11)17-14(18)12-8-9(15)2-7-13(12)16/h2-8H,1H3,(H,17,18). The molecule has 0 aliphatic heterocycles. The predicted molar refractivity (Wildman–Crippen MR) is 72.4 cm³/mol. The van der Waals surface area contributed by atoms with Crippen molar-refractivity contribution in [3.63, 3.8) is 0 Å². The maximum absolute atomic E-state index is 13.5. The van der Waals surface area contributed by atoms with Gasteiger partial charge in [-0.3, -0.25) is 4.79 Å². The molecule has 0 aliphatic rings. The highest BCUT2D eigenvalue weighted by molar-refractivity contribution is 6.31. The first-order valence-corrected chi connectivity index (χ1v) is 5.88. The van der Waals surface area contributed by atoms with Crippen molar-refractivity contribution < 1.29 is 13.9 Å². The van der Waals surface area contributed by atoms with Crippen LogP contribution in [0.2, 0.25) is 5.02 Å². The number of halogens is 2. The minimum atomic E-state index is -0.615. The van der Waals surface area contributed by atoms with Gasteiger partial charge >= 0.3 is 0 Å². The molecule has 5 heteroatoms. The average molecular weight is 280 g/mol. The van der Waals surface area contributed by atoms with Crippen LogP contribution in [-0.4, -0.2) is 13.0 Å². The van der Waals surface area contributed by atoms with Crippen molar-refractivity contribution in [2.45, 2.75) is 0 Å². The molecule has 0 spiro atoms. The minimum absolute atomic E-state index is 0.0941. The van der Waals surface area contributed by atoms with Crippen molar-refractivity contribution in [2.75, 3.05) is 12.4 Å². The number of carbonyl (C=O) groups excluding carboxylic acids is 1. The van der Waals surface area contributed by atoms with Crippen molar-refractivity contribution in [3.05, 3.63) is 58.9 Å². The van der Waals surface area contributed by atoms with Gasteiger partial charge in [-0.15, -0.1) is 0 Å². The molecule has 0 aromatic heterocycles. The zero-order valence-electron chi connectivity index (χ0n) is 10.1. The second-order valence-corrected chi connectivity index (χ2v) is 4.24. The van der Waals surface area contributed by atoms with Gasteiger partial charge in [-0.05, 0) is 42.5 Å². The molecule has 0 saturated carbocycles. The van der Waals surface area contributed by atoms with Crippen LogP contribution in [0.25, 0.3) is 0 Å². The number of hydrogen-bond donors (Lipinski definition) is 1. The summed E-state index contributed by atoms with van der Waals surface area (Å²) in [6.07, 6.45) is 0. The first-order chi connectivity index (χ1) is 9.10. The number of rotatable bonds is 3. The predicted octanol–water partition coefficient (Wildman–Crippen LogP) is 3.74. The third-order valence-corrected chi connectivity index (χ3v) is 2.76. The molecule has 0 heterocycles. The minimum Gasteiger partial charge on any atom is -0.497 e. The Morgan fingerprint density at radius 3 is 2.53 bits per heavy atom. The van der Waals surface area contributed by atoms with Crippen LogP contribution in [-0.2, 0) is 0 Å². The topological polar surface area (TPSA) is 38.3 Å². The zero-order chi connectivity index (χ0) is 13.8. The van der Waals surface area contributed by atoms with E-state index in [9.17, 15) is 9.18 Å². The zero-order valence-corrected chi connectivity index (χ0v) is 10.9. The number of ether oxygens (including phenoxy) is 1. The van der Waals surface area contributed by atoms with Crippen molar-refractivity contribution in [1.29, 1.82) is 0 Å². The largest absolute Gasteiger partial charge is 0.497 e. The van der Waals surface area contributed by atoms with E-state index in [0.29, 0.717) is 16.5 Å². The number of anilines is 1. The van der Waals surface area contributed by atoms with E-state index in [-0.39, 0.29) is 5.56 Å². The highest BCUT2D eigenvalue weighted by Crippen LogP contribution is 2.18. The molecule has 3 nitrogen and oxygen atoms in total. The first-order valence-electron chi connectivity index (χ1n) is 5.50. The molecule has 0 fully saturated rings. The highest BCUT2D eigenvalue weighted by atomic mass is 35.5. The van der Waals surface area contributed by atoms with E-state index in [0.717, 1.165) is 6.07 Å². The summed E-state index contributed by atoms with van der Waals surface area (Å²) in [5.41, 5.74) is 0.452. The molecule has 0 atom stereocenters. The van der Waals surface area contributed by atoms with Crippen LogP contribution in [0.3, 0.4) is 0 Å². The Hall–Kier alpha value is -2.07. The van der Waals surface area contributed by atoms with Gasteiger partial charge in [-0.25, -0.2) is 4.39 Å². The molecule has 2 aromatic rings. The lowest BCUT2D eigenvalue weighted by molar-refractivity contribution is 0.102. The molecule has 1 N–H and O–H groups in total. The first kappa shape index (κ1) is 13.4. The molecule has 0 unspecified atom stereocenters. The van der Waals surface area contributed by atoms with Gasteiger partial charge in [0.1, 0.15) is 11.6 Å². The third kappa shape index (κ3) is 3.23. The lowest BCUT2D eigenvalue weighted by Gasteiger charge is -2.07. The molecule has 0 bridgehead atoms. The van der Waals surface area contributed by atoms with Crippen LogP contribution in [0.5, 0.6) is 5.75 Å². The van der Waals surface area contributed by atoms with Gasteiger partial charge in [0.2, 0.25) is 0 Å². The van der Waals surface area contributed by atoms with E-state index in [1.165, 1.54) is 12.1 Å². The molecule has 19 heavy (non-hydrogen) atoms. The van der Waals surface area contributed by atoms with E-state index in [4.69, 9.17) is 16.3 Å². The van der Waals surface area contributed by atoms with Gasteiger partial charge in [-0.1, -0.05) is 11.6 Å². The molecular formula is C14H11ClFNO2. The average Bonchev–Trinajstić information content (AvgIpc) is 2.42. The number of benzene rings is 2. The maximum Gasteiger partial charge on any atom is 0.258 e. The molecule has 0 radical (unpaired) electrons. The third-order valence-electron chi connectivity index (χ3n) is 2.52. The molecule has 2 rings (SSSR count).